The zero-order valence-electron chi connectivity index (χ0n) is 13.8. The number of aliphatic hydroxyl groups excluding tert-OH is 1. The van der Waals surface area contributed by atoms with Crippen LogP contribution in [0.4, 0.5) is 0 Å². The summed E-state index contributed by atoms with van der Waals surface area (Å²) in [6, 6.07) is 7.81. The zero-order chi connectivity index (χ0) is 16.9. The molecular formula is C18H25ClN2O3. The fourth-order valence-corrected chi connectivity index (χ4v) is 3.90. The SMILES string of the molecule is O=C(CCOc1ccccc1Cl)N[C@@H]1CCC[C@@H]1N1CCC(O)C1. The lowest BCUT2D eigenvalue weighted by Gasteiger charge is -2.29. The number of nitrogens with zero attached hydrogens (tertiary/aromatic N) is 1. The van der Waals surface area contributed by atoms with Gasteiger partial charge >= 0.3 is 0 Å². The Labute approximate surface area is 147 Å². The standard InChI is InChI=1S/C18H25ClN2O3/c19-14-4-1-2-7-17(14)24-11-9-18(23)20-15-5-3-6-16(15)21-10-8-13(22)12-21/h1-2,4,7,13,15-16,22H,3,5-6,8-12H2,(H,20,23)/t13?,15-,16+/m1/s1. The van der Waals surface area contributed by atoms with E-state index in [1.807, 2.05) is 12.1 Å². The molecular weight excluding hydrogens is 328 g/mol. The van der Waals surface area contributed by atoms with Crippen molar-refractivity contribution in [3.05, 3.63) is 29.3 Å². The number of halogens is 1. The molecule has 1 aromatic carbocycles. The number of nitrogens with one attached hydrogen (secondary N) is 1. The molecule has 1 aliphatic carbocycles. The first-order valence-electron chi connectivity index (χ1n) is 8.72. The van der Waals surface area contributed by atoms with Crippen molar-refractivity contribution < 1.29 is 14.6 Å². The smallest absolute Gasteiger partial charge is 0.223 e. The number of amides is 1. The van der Waals surface area contributed by atoms with Crippen LogP contribution in [0.3, 0.4) is 0 Å². The topological polar surface area (TPSA) is 61.8 Å². The minimum absolute atomic E-state index is 0.0127. The fourth-order valence-electron chi connectivity index (χ4n) is 3.71. The Bertz CT molecular complexity index is 569. The molecule has 6 heteroatoms. The van der Waals surface area contributed by atoms with Crippen LogP contribution < -0.4 is 10.1 Å². The summed E-state index contributed by atoms with van der Waals surface area (Å²) in [6.45, 7) is 1.97. The molecule has 3 rings (SSSR count). The van der Waals surface area contributed by atoms with Crippen LogP contribution in [0.15, 0.2) is 24.3 Å². The molecule has 0 bridgehead atoms. The van der Waals surface area contributed by atoms with E-state index in [0.29, 0.717) is 29.8 Å². The number of rotatable bonds is 6. The molecule has 1 saturated carbocycles. The number of aliphatic hydroxyl groups is 1. The Hall–Kier alpha value is -1.30. The molecule has 5 nitrogen and oxygen atoms in total. The van der Waals surface area contributed by atoms with E-state index in [1.165, 1.54) is 0 Å². The molecule has 0 spiro atoms. The molecule has 1 aromatic rings. The van der Waals surface area contributed by atoms with Gasteiger partial charge in [-0.15, -0.1) is 0 Å². The van der Waals surface area contributed by atoms with Crippen molar-refractivity contribution in [2.24, 2.45) is 0 Å². The number of ether oxygens (including phenoxy) is 1. The number of benzene rings is 1. The molecule has 1 amide bonds. The Kier molecular flexibility index (Phi) is 5.98. The first-order valence-corrected chi connectivity index (χ1v) is 9.10. The second kappa shape index (κ2) is 8.19. The normalized spacial score (nSPS) is 27.3. The van der Waals surface area contributed by atoms with E-state index in [4.69, 9.17) is 16.3 Å². The molecule has 0 aromatic heterocycles. The quantitative estimate of drug-likeness (QED) is 0.824. The van der Waals surface area contributed by atoms with Crippen molar-refractivity contribution in [2.45, 2.75) is 50.3 Å². The van der Waals surface area contributed by atoms with Crippen LogP contribution in [0.1, 0.15) is 32.1 Å². The van der Waals surface area contributed by atoms with Gasteiger partial charge in [-0.3, -0.25) is 9.69 Å². The number of likely N-dealkylation sites (tertiary alicyclic amines) is 1. The molecule has 1 unspecified atom stereocenters. The summed E-state index contributed by atoms with van der Waals surface area (Å²) in [5, 5.41) is 13.4. The minimum atomic E-state index is -0.217. The number of β-amino-alcohol motifs (C(OH)–C–C–N with tert-alkyl or cyclic N) is 1. The van der Waals surface area contributed by atoms with Crippen LogP contribution in [0.25, 0.3) is 0 Å². The van der Waals surface area contributed by atoms with Gasteiger partial charge in [-0.25, -0.2) is 0 Å². The molecule has 3 atom stereocenters. The van der Waals surface area contributed by atoms with Crippen molar-refractivity contribution in [1.82, 2.24) is 10.2 Å². The van der Waals surface area contributed by atoms with Gasteiger partial charge < -0.3 is 15.2 Å². The highest BCUT2D eigenvalue weighted by Crippen LogP contribution is 2.27. The van der Waals surface area contributed by atoms with Gasteiger partial charge in [-0.1, -0.05) is 23.7 Å². The predicted molar refractivity (Wildman–Crippen MR) is 93.3 cm³/mol. The second-order valence-electron chi connectivity index (χ2n) is 6.64. The van der Waals surface area contributed by atoms with Gasteiger partial charge in [0.1, 0.15) is 5.75 Å². The van der Waals surface area contributed by atoms with Crippen LogP contribution in [-0.4, -0.2) is 53.8 Å². The van der Waals surface area contributed by atoms with Crippen molar-refractivity contribution in [3.63, 3.8) is 0 Å². The largest absolute Gasteiger partial charge is 0.491 e. The maximum atomic E-state index is 12.2. The van der Waals surface area contributed by atoms with Gasteiger partial charge in [0.05, 0.1) is 24.2 Å². The summed E-state index contributed by atoms with van der Waals surface area (Å²) >= 11 is 6.03. The monoisotopic (exact) mass is 352 g/mol. The summed E-state index contributed by atoms with van der Waals surface area (Å²) in [7, 11) is 0. The summed E-state index contributed by atoms with van der Waals surface area (Å²) in [5.41, 5.74) is 0. The van der Waals surface area contributed by atoms with Gasteiger partial charge in [-0.2, -0.15) is 0 Å². The summed E-state index contributed by atoms with van der Waals surface area (Å²) < 4.78 is 5.58. The zero-order valence-corrected chi connectivity index (χ0v) is 14.5. The molecule has 2 fully saturated rings. The summed E-state index contributed by atoms with van der Waals surface area (Å²) in [4.78, 5) is 14.5. The molecule has 0 radical (unpaired) electrons. The van der Waals surface area contributed by atoms with E-state index < -0.39 is 0 Å². The van der Waals surface area contributed by atoms with Crippen LogP contribution in [0.5, 0.6) is 5.75 Å². The highest BCUT2D eigenvalue weighted by molar-refractivity contribution is 6.32. The number of carbonyl (C=O) groups excluding carboxylic acids is 1. The highest BCUT2D eigenvalue weighted by atomic mass is 35.5. The number of hydrogen-bond donors (Lipinski definition) is 2. The Morgan fingerprint density at radius 1 is 1.33 bits per heavy atom. The van der Waals surface area contributed by atoms with Gasteiger partial charge in [0.15, 0.2) is 0 Å². The van der Waals surface area contributed by atoms with E-state index in [9.17, 15) is 9.90 Å². The highest BCUT2D eigenvalue weighted by Gasteiger charge is 2.36. The fraction of sp³-hybridized carbons (Fsp3) is 0.611. The summed E-state index contributed by atoms with van der Waals surface area (Å²) in [6.07, 6.45) is 4.16. The van der Waals surface area contributed by atoms with E-state index in [-0.39, 0.29) is 18.1 Å². The average molecular weight is 353 g/mol. The van der Waals surface area contributed by atoms with Crippen molar-refractivity contribution >= 4 is 17.5 Å². The average Bonchev–Trinajstić information content (AvgIpc) is 3.18. The third kappa shape index (κ3) is 4.41. The third-order valence-corrected chi connectivity index (χ3v) is 5.23. The molecule has 2 aliphatic rings. The summed E-state index contributed by atoms with van der Waals surface area (Å²) in [5.74, 6) is 0.621. The number of hydrogen-bond acceptors (Lipinski definition) is 4. The van der Waals surface area contributed by atoms with Gasteiger partial charge in [0.25, 0.3) is 0 Å². The van der Waals surface area contributed by atoms with E-state index in [1.54, 1.807) is 12.1 Å². The Morgan fingerprint density at radius 3 is 2.92 bits per heavy atom. The van der Waals surface area contributed by atoms with E-state index >= 15 is 0 Å². The van der Waals surface area contributed by atoms with Crippen LogP contribution in [0, 0.1) is 0 Å². The van der Waals surface area contributed by atoms with Crippen LogP contribution in [-0.2, 0) is 4.79 Å². The van der Waals surface area contributed by atoms with Gasteiger partial charge in [0.2, 0.25) is 5.91 Å². The molecule has 1 heterocycles. The molecule has 24 heavy (non-hydrogen) atoms. The Morgan fingerprint density at radius 2 is 2.17 bits per heavy atom. The van der Waals surface area contributed by atoms with Gasteiger partial charge in [0, 0.05) is 25.2 Å². The molecule has 132 valence electrons. The first kappa shape index (κ1) is 17.5. The van der Waals surface area contributed by atoms with Gasteiger partial charge in [-0.05, 0) is 37.8 Å². The van der Waals surface area contributed by atoms with Crippen molar-refractivity contribution in [3.8, 4) is 5.75 Å². The third-order valence-electron chi connectivity index (χ3n) is 4.91. The Balaban J connectivity index is 1.43. The van der Waals surface area contributed by atoms with E-state index in [0.717, 1.165) is 38.8 Å². The van der Waals surface area contributed by atoms with Crippen molar-refractivity contribution in [1.29, 1.82) is 0 Å². The lowest BCUT2D eigenvalue weighted by atomic mass is 10.1. The molecule has 2 N–H and O–H groups in total. The lowest BCUT2D eigenvalue weighted by molar-refractivity contribution is -0.122. The van der Waals surface area contributed by atoms with E-state index in [2.05, 4.69) is 10.2 Å². The van der Waals surface area contributed by atoms with Crippen molar-refractivity contribution in [2.75, 3.05) is 19.7 Å². The lowest BCUT2D eigenvalue weighted by Crippen LogP contribution is -2.48. The second-order valence-corrected chi connectivity index (χ2v) is 7.05. The molecule has 1 saturated heterocycles. The van der Waals surface area contributed by atoms with Crippen LogP contribution in [0.2, 0.25) is 5.02 Å². The molecule has 1 aliphatic heterocycles. The van der Waals surface area contributed by atoms with Crippen LogP contribution >= 0.6 is 11.6 Å². The maximum absolute atomic E-state index is 12.2. The predicted octanol–water partition coefficient (Wildman–Crippen LogP) is 2.21. The minimum Gasteiger partial charge on any atom is -0.491 e. The first-order chi connectivity index (χ1) is 11.6. The maximum Gasteiger partial charge on any atom is 0.223 e. The number of para-hydroxylation sites is 1. The number of carbonyl (C=O) groups is 1.